The van der Waals surface area contributed by atoms with Crippen LogP contribution < -0.4 is 4.74 Å². The molecule has 0 aliphatic carbocycles. The smallest absolute Gasteiger partial charge is 0.287 e. The van der Waals surface area contributed by atoms with Crippen molar-refractivity contribution < 1.29 is 9.31 Å². The van der Waals surface area contributed by atoms with Crippen molar-refractivity contribution in [2.45, 2.75) is 13.1 Å². The van der Waals surface area contributed by atoms with E-state index in [9.17, 15) is 0 Å². The molecule has 6 heteroatoms. The number of aryl methyl sites for hydroxylation is 1. The Kier molecular flexibility index (Phi) is 3.85. The molecule has 1 unspecified atom stereocenters. The Morgan fingerprint density at radius 2 is 1.88 bits per heavy atom. The highest BCUT2D eigenvalue weighted by atomic mass is 16.5. The minimum Gasteiger partial charge on any atom is -0.414 e. The third-order valence-corrected chi connectivity index (χ3v) is 3.99. The molecule has 1 aliphatic heterocycles. The second kappa shape index (κ2) is 6.32. The molecule has 1 aliphatic rings. The molecule has 2 aromatic heterocycles. The largest absolute Gasteiger partial charge is 0.414 e. The molecule has 0 bridgehead atoms. The van der Waals surface area contributed by atoms with Crippen molar-refractivity contribution in [3.05, 3.63) is 72.1 Å². The van der Waals surface area contributed by atoms with Gasteiger partial charge in [0.2, 0.25) is 12.1 Å². The van der Waals surface area contributed by atoms with Gasteiger partial charge < -0.3 is 4.74 Å². The fourth-order valence-electron chi connectivity index (χ4n) is 2.79. The summed E-state index contributed by atoms with van der Waals surface area (Å²) in [6, 6.07) is 17.7. The second-order valence-electron chi connectivity index (χ2n) is 5.87. The maximum atomic E-state index is 5.87. The van der Waals surface area contributed by atoms with E-state index in [2.05, 4.69) is 27.2 Å². The number of nitrogens with zero attached hydrogens (tertiary/aromatic N) is 5. The van der Waals surface area contributed by atoms with Crippen molar-refractivity contribution in [2.75, 3.05) is 7.05 Å². The van der Waals surface area contributed by atoms with Gasteiger partial charge in [-0.2, -0.15) is 4.99 Å². The maximum Gasteiger partial charge on any atom is 0.287 e. The molecule has 0 radical (unpaired) electrons. The summed E-state index contributed by atoms with van der Waals surface area (Å²) < 4.78 is 9.65. The van der Waals surface area contributed by atoms with E-state index in [4.69, 9.17) is 4.74 Å². The van der Waals surface area contributed by atoms with Crippen molar-refractivity contribution >= 4 is 12.1 Å². The van der Waals surface area contributed by atoms with Crippen LogP contribution in [-0.2, 0) is 0 Å². The van der Waals surface area contributed by atoms with Gasteiger partial charge >= 0.3 is 0 Å². The molecular weight excluding hydrogens is 314 g/mol. The number of aliphatic imine (C=N–C) groups is 1. The molecule has 1 aromatic carbocycles. The van der Waals surface area contributed by atoms with Crippen LogP contribution in [0.1, 0.15) is 17.4 Å². The molecule has 6 nitrogen and oxygen atoms in total. The summed E-state index contributed by atoms with van der Waals surface area (Å²) in [5.41, 5.74) is 2.07. The van der Waals surface area contributed by atoms with Gasteiger partial charge in [-0.15, -0.1) is 5.10 Å². The Morgan fingerprint density at radius 1 is 1.08 bits per heavy atom. The van der Waals surface area contributed by atoms with E-state index >= 15 is 0 Å². The molecule has 25 heavy (non-hydrogen) atoms. The average molecular weight is 332 g/mol. The first-order valence-electron chi connectivity index (χ1n) is 8.06. The lowest BCUT2D eigenvalue weighted by molar-refractivity contribution is -0.533. The number of hydrogen-bond donors (Lipinski definition) is 0. The van der Waals surface area contributed by atoms with Gasteiger partial charge in [0.05, 0.1) is 0 Å². The standard InChI is InChI=1S/C19H18N5O/c1-14-12-17(22-24(14)16-10-6-7-11-20-16)25-18-13-23(2)19(21-18)15-8-4-3-5-9-15/h3-13,19H,1-2H3/q+1. The molecule has 0 N–H and O–H groups in total. The van der Waals surface area contributed by atoms with Crippen LogP contribution in [-0.4, -0.2) is 38.5 Å². The fourth-order valence-corrected chi connectivity index (χ4v) is 2.79. The SMILES string of the molecule is Cc1cc(OC2=NC(c3ccccc3)[N+](C)=C2)nn1-c1ccccn1. The Bertz CT molecular complexity index is 944. The Hall–Kier alpha value is -3.28. The van der Waals surface area contributed by atoms with Crippen LogP contribution in [0.15, 0.2) is 65.8 Å². The molecule has 0 saturated carbocycles. The highest BCUT2D eigenvalue weighted by molar-refractivity contribution is 6.25. The zero-order valence-electron chi connectivity index (χ0n) is 14.1. The summed E-state index contributed by atoms with van der Waals surface area (Å²) >= 11 is 0. The highest BCUT2D eigenvalue weighted by Gasteiger charge is 2.27. The highest BCUT2D eigenvalue weighted by Crippen LogP contribution is 2.22. The van der Waals surface area contributed by atoms with E-state index in [1.54, 1.807) is 10.9 Å². The van der Waals surface area contributed by atoms with Crippen molar-refractivity contribution in [3.63, 3.8) is 0 Å². The van der Waals surface area contributed by atoms with Gasteiger partial charge in [0.15, 0.2) is 5.82 Å². The summed E-state index contributed by atoms with van der Waals surface area (Å²) in [4.78, 5) is 8.96. The Morgan fingerprint density at radius 3 is 2.64 bits per heavy atom. The number of benzene rings is 1. The Balaban J connectivity index is 1.57. The van der Waals surface area contributed by atoms with E-state index in [1.165, 1.54) is 0 Å². The van der Waals surface area contributed by atoms with Crippen LogP contribution in [0.5, 0.6) is 5.88 Å². The van der Waals surface area contributed by atoms with Gasteiger partial charge in [0.25, 0.3) is 12.1 Å². The summed E-state index contributed by atoms with van der Waals surface area (Å²) in [6.45, 7) is 1.97. The van der Waals surface area contributed by atoms with Crippen LogP contribution in [0.2, 0.25) is 0 Å². The minimum absolute atomic E-state index is 0.0739. The third kappa shape index (κ3) is 3.06. The van der Waals surface area contributed by atoms with Crippen LogP contribution in [0.3, 0.4) is 0 Å². The monoisotopic (exact) mass is 332 g/mol. The van der Waals surface area contributed by atoms with Crippen LogP contribution in [0.4, 0.5) is 0 Å². The molecule has 124 valence electrons. The van der Waals surface area contributed by atoms with E-state index in [1.807, 2.05) is 67.2 Å². The number of ether oxygens (including phenoxy) is 1. The topological polar surface area (TPSA) is 55.3 Å². The van der Waals surface area contributed by atoms with Gasteiger partial charge in [0, 0.05) is 23.5 Å². The first-order chi connectivity index (χ1) is 12.2. The van der Waals surface area contributed by atoms with E-state index in [0.29, 0.717) is 11.8 Å². The zero-order chi connectivity index (χ0) is 17.2. The van der Waals surface area contributed by atoms with Crippen LogP contribution >= 0.6 is 0 Å². The summed E-state index contributed by atoms with van der Waals surface area (Å²) in [7, 11) is 1.98. The second-order valence-corrected chi connectivity index (χ2v) is 5.87. The molecule has 0 saturated heterocycles. The molecule has 1 atom stereocenters. The van der Waals surface area contributed by atoms with Gasteiger partial charge in [0.1, 0.15) is 7.05 Å². The summed E-state index contributed by atoms with van der Waals surface area (Å²) in [6.07, 6.45) is 3.55. The van der Waals surface area contributed by atoms with Crippen LogP contribution in [0.25, 0.3) is 5.82 Å². The van der Waals surface area contributed by atoms with Gasteiger partial charge in [-0.1, -0.05) is 36.4 Å². The quantitative estimate of drug-likeness (QED) is 0.693. The number of pyridine rings is 1. The van der Waals surface area contributed by atoms with E-state index in [0.717, 1.165) is 17.1 Å². The van der Waals surface area contributed by atoms with Gasteiger partial charge in [-0.05, 0) is 19.1 Å². The van der Waals surface area contributed by atoms with Crippen molar-refractivity contribution in [2.24, 2.45) is 4.99 Å². The molecule has 3 aromatic rings. The predicted molar refractivity (Wildman–Crippen MR) is 95.6 cm³/mol. The first kappa shape index (κ1) is 15.3. The molecule has 3 heterocycles. The predicted octanol–water partition coefficient (Wildman–Crippen LogP) is 2.78. The van der Waals surface area contributed by atoms with E-state index in [-0.39, 0.29) is 6.17 Å². The molecule has 4 rings (SSSR count). The lowest BCUT2D eigenvalue weighted by Gasteiger charge is -2.03. The minimum atomic E-state index is -0.0739. The van der Waals surface area contributed by atoms with Crippen molar-refractivity contribution in [1.82, 2.24) is 14.8 Å². The molecule has 0 amide bonds. The number of aromatic nitrogens is 3. The van der Waals surface area contributed by atoms with Crippen molar-refractivity contribution in [1.29, 1.82) is 0 Å². The lowest BCUT2D eigenvalue weighted by Crippen LogP contribution is -2.12. The maximum absolute atomic E-state index is 5.87. The molecular formula is C19H18N5O+. The Labute approximate surface area is 145 Å². The van der Waals surface area contributed by atoms with Crippen LogP contribution in [0, 0.1) is 6.92 Å². The van der Waals surface area contributed by atoms with Gasteiger partial charge in [-0.25, -0.2) is 14.2 Å². The zero-order valence-corrected chi connectivity index (χ0v) is 14.1. The third-order valence-electron chi connectivity index (χ3n) is 3.99. The molecule has 0 fully saturated rings. The summed E-state index contributed by atoms with van der Waals surface area (Å²) in [5, 5.41) is 4.48. The molecule has 0 spiro atoms. The number of rotatable bonds is 3. The average Bonchev–Trinajstić information content (AvgIpc) is 3.19. The van der Waals surface area contributed by atoms with Gasteiger partial charge in [-0.3, -0.25) is 0 Å². The van der Waals surface area contributed by atoms with E-state index < -0.39 is 0 Å². The fraction of sp³-hybridized carbons (Fsp3) is 0.158. The summed E-state index contributed by atoms with van der Waals surface area (Å²) in [5.74, 6) is 1.80. The lowest BCUT2D eigenvalue weighted by atomic mass is 10.2. The normalized spacial score (nSPS) is 16.5. The number of hydrogen-bond acceptors (Lipinski definition) is 4. The first-order valence-corrected chi connectivity index (χ1v) is 8.06. The van der Waals surface area contributed by atoms with Crippen molar-refractivity contribution in [3.8, 4) is 11.7 Å².